The topological polar surface area (TPSA) is 64.0 Å². The van der Waals surface area contributed by atoms with Crippen molar-refractivity contribution >= 4 is 28.6 Å². The molecule has 1 amide bonds. The molecule has 6 heteroatoms. The van der Waals surface area contributed by atoms with Crippen LogP contribution in [0.1, 0.15) is 45.6 Å². The molecule has 152 valence electrons. The highest BCUT2D eigenvalue weighted by Gasteiger charge is 2.20. The van der Waals surface area contributed by atoms with Gasteiger partial charge in [-0.1, -0.05) is 49.9 Å². The van der Waals surface area contributed by atoms with Crippen LogP contribution in [0.25, 0.3) is 16.6 Å². The molecule has 0 saturated carbocycles. The molecule has 5 nitrogen and oxygen atoms in total. The van der Waals surface area contributed by atoms with Crippen molar-refractivity contribution in [3.8, 4) is 5.69 Å². The fraction of sp³-hybridized carbons (Fsp3) is 0.348. The smallest absolute Gasteiger partial charge is 0.266 e. The Morgan fingerprint density at radius 2 is 1.79 bits per heavy atom. The molecular formula is C23H27N3O2S. The van der Waals surface area contributed by atoms with E-state index in [0.29, 0.717) is 28.5 Å². The predicted octanol–water partition coefficient (Wildman–Crippen LogP) is 4.52. The van der Waals surface area contributed by atoms with E-state index in [9.17, 15) is 9.59 Å². The van der Waals surface area contributed by atoms with Crippen LogP contribution in [0.2, 0.25) is 0 Å². The Bertz CT molecular complexity index is 1060. The molecule has 2 atom stereocenters. The van der Waals surface area contributed by atoms with Crippen LogP contribution >= 0.6 is 11.8 Å². The molecular weight excluding hydrogens is 382 g/mol. The minimum absolute atomic E-state index is 0.0708. The van der Waals surface area contributed by atoms with Crippen LogP contribution in [0.5, 0.6) is 0 Å². The van der Waals surface area contributed by atoms with Crippen molar-refractivity contribution in [3.05, 3.63) is 64.4 Å². The standard InChI is InChI=1S/C23H27N3O2S/c1-5-15(3)17-11-13-18(14-12-17)26-22(28)19-9-7-8-10-20(19)25-23(26)29-16(4)21(27)24-6-2/h7-16H,5-6H2,1-4H3,(H,24,27)/t15-,16-/m1/s1. The number of fused-ring (bicyclic) bond motifs is 1. The van der Waals surface area contributed by atoms with E-state index in [1.165, 1.54) is 17.3 Å². The van der Waals surface area contributed by atoms with Gasteiger partial charge in [-0.25, -0.2) is 4.98 Å². The number of nitrogens with one attached hydrogen (secondary N) is 1. The quantitative estimate of drug-likeness (QED) is 0.460. The first-order valence-electron chi connectivity index (χ1n) is 10.0. The molecule has 1 N–H and O–H groups in total. The summed E-state index contributed by atoms with van der Waals surface area (Å²) in [6.45, 7) is 8.63. The zero-order valence-electron chi connectivity index (χ0n) is 17.3. The third-order valence-electron chi connectivity index (χ3n) is 5.08. The van der Waals surface area contributed by atoms with Crippen LogP contribution < -0.4 is 10.9 Å². The number of carbonyl (C=O) groups excluding carboxylic acids is 1. The number of nitrogens with zero attached hydrogens (tertiary/aromatic N) is 2. The Hall–Kier alpha value is -2.60. The highest BCUT2D eigenvalue weighted by molar-refractivity contribution is 8.00. The molecule has 3 rings (SSSR count). The van der Waals surface area contributed by atoms with Crippen molar-refractivity contribution in [2.45, 2.75) is 50.4 Å². The Labute approximate surface area is 175 Å². The van der Waals surface area contributed by atoms with Crippen LogP contribution in [0, 0.1) is 0 Å². The second-order valence-corrected chi connectivity index (χ2v) is 8.42. The zero-order chi connectivity index (χ0) is 21.0. The summed E-state index contributed by atoms with van der Waals surface area (Å²) < 4.78 is 1.61. The molecule has 0 aliphatic heterocycles. The minimum Gasteiger partial charge on any atom is -0.355 e. The number of aromatic nitrogens is 2. The van der Waals surface area contributed by atoms with Gasteiger partial charge < -0.3 is 5.32 Å². The maximum Gasteiger partial charge on any atom is 0.266 e. The number of para-hydroxylation sites is 1. The van der Waals surface area contributed by atoms with Gasteiger partial charge in [-0.3, -0.25) is 14.2 Å². The number of thioether (sulfide) groups is 1. The van der Waals surface area contributed by atoms with Crippen molar-refractivity contribution in [1.82, 2.24) is 14.9 Å². The lowest BCUT2D eigenvalue weighted by atomic mass is 9.98. The van der Waals surface area contributed by atoms with Crippen molar-refractivity contribution in [2.75, 3.05) is 6.54 Å². The van der Waals surface area contributed by atoms with E-state index in [0.717, 1.165) is 12.1 Å². The summed E-state index contributed by atoms with van der Waals surface area (Å²) in [6, 6.07) is 15.4. The van der Waals surface area contributed by atoms with E-state index in [-0.39, 0.29) is 16.7 Å². The van der Waals surface area contributed by atoms with Gasteiger partial charge in [0.05, 0.1) is 21.8 Å². The fourth-order valence-corrected chi connectivity index (χ4v) is 4.09. The highest BCUT2D eigenvalue weighted by Crippen LogP contribution is 2.26. The molecule has 0 fully saturated rings. The Balaban J connectivity index is 2.12. The number of benzene rings is 2. The van der Waals surface area contributed by atoms with Gasteiger partial charge in [0.1, 0.15) is 0 Å². The molecule has 0 radical (unpaired) electrons. The van der Waals surface area contributed by atoms with Gasteiger partial charge in [0, 0.05) is 6.54 Å². The Kier molecular flexibility index (Phi) is 6.75. The van der Waals surface area contributed by atoms with Crippen molar-refractivity contribution < 1.29 is 4.79 Å². The second-order valence-electron chi connectivity index (χ2n) is 7.11. The van der Waals surface area contributed by atoms with Gasteiger partial charge in [-0.2, -0.15) is 0 Å². The first-order valence-corrected chi connectivity index (χ1v) is 10.9. The summed E-state index contributed by atoms with van der Waals surface area (Å²) in [7, 11) is 0. The number of amides is 1. The second kappa shape index (κ2) is 9.27. The van der Waals surface area contributed by atoms with Crippen molar-refractivity contribution in [3.63, 3.8) is 0 Å². The first kappa shape index (κ1) is 21.1. The van der Waals surface area contributed by atoms with E-state index in [4.69, 9.17) is 4.98 Å². The third-order valence-corrected chi connectivity index (χ3v) is 6.13. The predicted molar refractivity (Wildman–Crippen MR) is 120 cm³/mol. The average molecular weight is 410 g/mol. The number of rotatable bonds is 7. The van der Waals surface area contributed by atoms with Crippen LogP contribution in [-0.4, -0.2) is 27.3 Å². The van der Waals surface area contributed by atoms with E-state index >= 15 is 0 Å². The summed E-state index contributed by atoms with van der Waals surface area (Å²) in [5, 5.41) is 3.54. The molecule has 1 heterocycles. The number of hydrogen-bond donors (Lipinski definition) is 1. The first-order chi connectivity index (χ1) is 14.0. The summed E-state index contributed by atoms with van der Waals surface area (Å²) in [5.74, 6) is 0.390. The average Bonchev–Trinajstić information content (AvgIpc) is 2.74. The van der Waals surface area contributed by atoms with E-state index in [1.807, 2.05) is 44.2 Å². The summed E-state index contributed by atoms with van der Waals surface area (Å²) in [6.07, 6.45) is 1.06. The van der Waals surface area contributed by atoms with Gasteiger partial charge in [0.2, 0.25) is 5.91 Å². The molecule has 3 aromatic rings. The van der Waals surface area contributed by atoms with Gasteiger partial charge in [-0.05, 0) is 56.0 Å². The molecule has 1 aromatic heterocycles. The van der Waals surface area contributed by atoms with E-state index < -0.39 is 0 Å². The van der Waals surface area contributed by atoms with Crippen molar-refractivity contribution in [2.24, 2.45) is 0 Å². The lowest BCUT2D eigenvalue weighted by Gasteiger charge is -2.17. The lowest BCUT2D eigenvalue weighted by molar-refractivity contribution is -0.120. The largest absolute Gasteiger partial charge is 0.355 e. The molecule has 0 saturated heterocycles. The Morgan fingerprint density at radius 1 is 1.10 bits per heavy atom. The number of hydrogen-bond acceptors (Lipinski definition) is 4. The number of carbonyl (C=O) groups is 1. The molecule has 0 aliphatic rings. The molecule has 0 aliphatic carbocycles. The van der Waals surface area contributed by atoms with Gasteiger partial charge in [0.15, 0.2) is 5.16 Å². The molecule has 0 unspecified atom stereocenters. The molecule has 2 aromatic carbocycles. The van der Waals surface area contributed by atoms with Gasteiger partial charge in [-0.15, -0.1) is 0 Å². The zero-order valence-corrected chi connectivity index (χ0v) is 18.1. The molecule has 29 heavy (non-hydrogen) atoms. The normalized spacial score (nSPS) is 13.2. The summed E-state index contributed by atoms with van der Waals surface area (Å²) in [5.41, 5.74) is 2.50. The summed E-state index contributed by atoms with van der Waals surface area (Å²) in [4.78, 5) is 30.3. The van der Waals surface area contributed by atoms with E-state index in [1.54, 1.807) is 10.6 Å². The van der Waals surface area contributed by atoms with Crippen LogP contribution in [-0.2, 0) is 4.79 Å². The fourth-order valence-electron chi connectivity index (χ4n) is 3.14. The molecule has 0 bridgehead atoms. The Morgan fingerprint density at radius 3 is 2.45 bits per heavy atom. The maximum atomic E-state index is 13.3. The van der Waals surface area contributed by atoms with Crippen LogP contribution in [0.15, 0.2) is 58.5 Å². The monoisotopic (exact) mass is 409 g/mol. The van der Waals surface area contributed by atoms with Gasteiger partial charge >= 0.3 is 0 Å². The van der Waals surface area contributed by atoms with Gasteiger partial charge in [0.25, 0.3) is 5.56 Å². The van der Waals surface area contributed by atoms with E-state index in [2.05, 4.69) is 31.3 Å². The SMILES string of the molecule is CCNC(=O)[C@@H](C)Sc1nc2ccccc2c(=O)n1-c1ccc([C@H](C)CC)cc1. The lowest BCUT2D eigenvalue weighted by Crippen LogP contribution is -2.31. The minimum atomic E-state index is -0.367. The van der Waals surface area contributed by atoms with Crippen molar-refractivity contribution in [1.29, 1.82) is 0 Å². The van der Waals surface area contributed by atoms with Crippen LogP contribution in [0.4, 0.5) is 0 Å². The molecule has 0 spiro atoms. The van der Waals surface area contributed by atoms with Crippen LogP contribution in [0.3, 0.4) is 0 Å². The third kappa shape index (κ3) is 4.53. The maximum absolute atomic E-state index is 13.3. The highest BCUT2D eigenvalue weighted by atomic mass is 32.2. The summed E-state index contributed by atoms with van der Waals surface area (Å²) >= 11 is 1.30.